The molecular weight excluding hydrogens is 338 g/mol. The van der Waals surface area contributed by atoms with Crippen molar-refractivity contribution in [2.24, 2.45) is 0 Å². The van der Waals surface area contributed by atoms with Crippen LogP contribution in [0.15, 0.2) is 63.5 Å². The zero-order chi connectivity index (χ0) is 15.5. The first kappa shape index (κ1) is 14.9. The Labute approximate surface area is 139 Å². The van der Waals surface area contributed by atoms with E-state index in [4.69, 9.17) is 4.42 Å². The molecule has 1 heterocycles. The van der Waals surface area contributed by atoms with Crippen LogP contribution < -0.4 is 5.32 Å². The van der Waals surface area contributed by atoms with Crippen molar-refractivity contribution in [2.75, 3.05) is 5.32 Å². The quantitative estimate of drug-likeness (QED) is 0.626. The Morgan fingerprint density at radius 1 is 0.955 bits per heavy atom. The van der Waals surface area contributed by atoms with E-state index in [1.54, 1.807) is 0 Å². The Kier molecular flexibility index (Phi) is 4.34. The highest BCUT2D eigenvalue weighted by molar-refractivity contribution is 9.10. The number of halogens is 1. The Hall–Kier alpha value is -2.00. The van der Waals surface area contributed by atoms with Gasteiger partial charge >= 0.3 is 0 Å². The van der Waals surface area contributed by atoms with Gasteiger partial charge in [0.1, 0.15) is 11.5 Å². The highest BCUT2D eigenvalue weighted by Gasteiger charge is 2.08. The fourth-order valence-electron chi connectivity index (χ4n) is 2.38. The van der Waals surface area contributed by atoms with Crippen LogP contribution in [0.25, 0.3) is 11.3 Å². The van der Waals surface area contributed by atoms with E-state index in [0.717, 1.165) is 27.2 Å². The normalized spacial score (nSPS) is 10.7. The average molecular weight is 356 g/mol. The minimum atomic E-state index is 0.679. The first-order valence-electron chi connectivity index (χ1n) is 7.27. The molecule has 0 radical (unpaired) electrons. The summed E-state index contributed by atoms with van der Waals surface area (Å²) in [6.07, 6.45) is 0. The number of hydrogen-bond acceptors (Lipinski definition) is 2. The van der Waals surface area contributed by atoms with Gasteiger partial charge in [0.25, 0.3) is 0 Å². The van der Waals surface area contributed by atoms with Gasteiger partial charge in [-0.1, -0.05) is 33.6 Å². The molecule has 1 aromatic heterocycles. The Balaban J connectivity index is 1.72. The average Bonchev–Trinajstić information content (AvgIpc) is 2.95. The third-order valence-electron chi connectivity index (χ3n) is 3.63. The number of nitrogens with one attached hydrogen (secondary N) is 1. The summed E-state index contributed by atoms with van der Waals surface area (Å²) >= 11 is 3.49. The molecule has 0 atom stereocenters. The maximum atomic E-state index is 5.96. The molecule has 112 valence electrons. The van der Waals surface area contributed by atoms with E-state index in [0.29, 0.717) is 6.54 Å². The molecule has 0 aliphatic carbocycles. The molecule has 0 fully saturated rings. The van der Waals surface area contributed by atoms with Crippen LogP contribution in [-0.4, -0.2) is 0 Å². The second kappa shape index (κ2) is 6.41. The van der Waals surface area contributed by atoms with E-state index in [1.165, 1.54) is 11.1 Å². The van der Waals surface area contributed by atoms with Crippen LogP contribution in [0.3, 0.4) is 0 Å². The fraction of sp³-hybridized carbons (Fsp3) is 0.158. The van der Waals surface area contributed by atoms with Gasteiger partial charge < -0.3 is 9.73 Å². The maximum Gasteiger partial charge on any atom is 0.134 e. The van der Waals surface area contributed by atoms with E-state index in [9.17, 15) is 0 Å². The Morgan fingerprint density at radius 3 is 2.45 bits per heavy atom. The number of furan rings is 1. The highest BCUT2D eigenvalue weighted by atomic mass is 79.9. The van der Waals surface area contributed by atoms with Gasteiger partial charge in [0.15, 0.2) is 0 Å². The van der Waals surface area contributed by atoms with Crippen molar-refractivity contribution < 1.29 is 4.42 Å². The predicted molar refractivity (Wildman–Crippen MR) is 95.1 cm³/mol. The Bertz CT molecular complexity index is 774. The molecule has 0 saturated carbocycles. The van der Waals surface area contributed by atoms with Crippen LogP contribution in [0.5, 0.6) is 0 Å². The summed E-state index contributed by atoms with van der Waals surface area (Å²) in [4.78, 5) is 0. The van der Waals surface area contributed by atoms with E-state index < -0.39 is 0 Å². The largest absolute Gasteiger partial charge is 0.459 e. The van der Waals surface area contributed by atoms with Crippen molar-refractivity contribution in [3.63, 3.8) is 0 Å². The zero-order valence-corrected chi connectivity index (χ0v) is 14.3. The summed E-state index contributed by atoms with van der Waals surface area (Å²) in [6.45, 7) is 4.86. The molecule has 0 saturated heterocycles. The highest BCUT2D eigenvalue weighted by Crippen LogP contribution is 2.28. The van der Waals surface area contributed by atoms with Crippen LogP contribution in [0.4, 0.5) is 5.69 Å². The first-order valence-corrected chi connectivity index (χ1v) is 8.07. The lowest BCUT2D eigenvalue weighted by atomic mass is 10.1. The standard InChI is InChI=1S/C19H18BrNO/c1-13-3-6-16(7-4-13)21-12-17-8-10-19(22-17)18-9-5-15(20)11-14(18)2/h3-11,21H,12H2,1-2H3. The molecule has 0 unspecified atom stereocenters. The van der Waals surface area contributed by atoms with Crippen LogP contribution >= 0.6 is 15.9 Å². The molecule has 3 heteroatoms. The fourth-order valence-corrected chi connectivity index (χ4v) is 2.86. The van der Waals surface area contributed by atoms with Crippen molar-refractivity contribution in [1.82, 2.24) is 0 Å². The van der Waals surface area contributed by atoms with E-state index in [1.807, 2.05) is 18.2 Å². The van der Waals surface area contributed by atoms with Gasteiger partial charge in [0.2, 0.25) is 0 Å². The molecule has 1 N–H and O–H groups in total. The zero-order valence-electron chi connectivity index (χ0n) is 12.7. The molecule has 22 heavy (non-hydrogen) atoms. The van der Waals surface area contributed by atoms with Gasteiger partial charge in [-0.3, -0.25) is 0 Å². The number of aryl methyl sites for hydroxylation is 2. The molecule has 0 aliphatic heterocycles. The third kappa shape index (κ3) is 3.42. The number of benzene rings is 2. The van der Waals surface area contributed by atoms with Crippen molar-refractivity contribution in [1.29, 1.82) is 0 Å². The van der Waals surface area contributed by atoms with Gasteiger partial charge in [-0.2, -0.15) is 0 Å². The smallest absolute Gasteiger partial charge is 0.134 e. The topological polar surface area (TPSA) is 25.2 Å². The monoisotopic (exact) mass is 355 g/mol. The van der Waals surface area contributed by atoms with Gasteiger partial charge in [-0.15, -0.1) is 0 Å². The van der Waals surface area contributed by atoms with Crippen molar-refractivity contribution in [3.05, 3.63) is 76.0 Å². The van der Waals surface area contributed by atoms with Gasteiger partial charge in [-0.05, 0) is 61.9 Å². The SMILES string of the molecule is Cc1ccc(NCc2ccc(-c3ccc(Br)cc3C)o2)cc1. The van der Waals surface area contributed by atoms with Crippen LogP contribution in [0.1, 0.15) is 16.9 Å². The molecule has 0 amide bonds. The summed E-state index contributed by atoms with van der Waals surface area (Å²) in [5.41, 5.74) is 4.69. The van der Waals surface area contributed by atoms with Crippen LogP contribution in [0.2, 0.25) is 0 Å². The lowest BCUT2D eigenvalue weighted by Crippen LogP contribution is -1.97. The van der Waals surface area contributed by atoms with E-state index in [2.05, 4.69) is 71.5 Å². The first-order chi connectivity index (χ1) is 10.6. The number of rotatable bonds is 4. The van der Waals surface area contributed by atoms with Crippen molar-refractivity contribution in [2.45, 2.75) is 20.4 Å². The molecule has 3 aromatic rings. The molecule has 0 aliphatic rings. The summed E-state index contributed by atoms with van der Waals surface area (Å²) in [7, 11) is 0. The second-order valence-corrected chi connectivity index (χ2v) is 6.36. The molecule has 2 aromatic carbocycles. The number of anilines is 1. The van der Waals surface area contributed by atoms with Gasteiger partial charge in [0, 0.05) is 15.7 Å². The molecular formula is C19H18BrNO. The lowest BCUT2D eigenvalue weighted by Gasteiger charge is -2.05. The lowest BCUT2D eigenvalue weighted by molar-refractivity contribution is 0.531. The van der Waals surface area contributed by atoms with Gasteiger partial charge in [-0.25, -0.2) is 0 Å². The summed E-state index contributed by atoms with van der Waals surface area (Å²) in [5, 5.41) is 3.38. The molecule has 0 bridgehead atoms. The van der Waals surface area contributed by atoms with E-state index in [-0.39, 0.29) is 0 Å². The summed E-state index contributed by atoms with van der Waals surface area (Å²) < 4.78 is 7.04. The second-order valence-electron chi connectivity index (χ2n) is 5.44. The molecule has 3 rings (SSSR count). The third-order valence-corrected chi connectivity index (χ3v) is 4.13. The minimum Gasteiger partial charge on any atom is -0.459 e. The predicted octanol–water partition coefficient (Wildman–Crippen LogP) is 5.94. The number of hydrogen-bond donors (Lipinski definition) is 1. The molecule has 2 nitrogen and oxygen atoms in total. The molecule has 0 spiro atoms. The Morgan fingerprint density at radius 2 is 1.73 bits per heavy atom. The summed E-state index contributed by atoms with van der Waals surface area (Å²) in [5.74, 6) is 1.84. The van der Waals surface area contributed by atoms with Gasteiger partial charge in [0.05, 0.1) is 6.54 Å². The van der Waals surface area contributed by atoms with E-state index >= 15 is 0 Å². The van der Waals surface area contributed by atoms with Crippen molar-refractivity contribution in [3.8, 4) is 11.3 Å². The summed E-state index contributed by atoms with van der Waals surface area (Å²) in [6, 6.07) is 18.6. The maximum absolute atomic E-state index is 5.96. The van der Waals surface area contributed by atoms with Crippen LogP contribution in [0, 0.1) is 13.8 Å². The minimum absolute atomic E-state index is 0.679. The van der Waals surface area contributed by atoms with Crippen LogP contribution in [-0.2, 0) is 6.54 Å². The van der Waals surface area contributed by atoms with Crippen molar-refractivity contribution >= 4 is 21.6 Å².